The van der Waals surface area contributed by atoms with E-state index in [1.54, 1.807) is 4.90 Å². The molecule has 2 atom stereocenters. The number of carbonyl (C=O) groups excluding carboxylic acids is 1. The first-order chi connectivity index (χ1) is 12.2. The summed E-state index contributed by atoms with van der Waals surface area (Å²) in [6.07, 6.45) is 1.50. The summed E-state index contributed by atoms with van der Waals surface area (Å²) >= 11 is 0. The van der Waals surface area contributed by atoms with Crippen molar-refractivity contribution in [3.8, 4) is 0 Å². The molecule has 0 unspecified atom stereocenters. The van der Waals surface area contributed by atoms with Crippen molar-refractivity contribution >= 4 is 26.8 Å². The molecule has 7 heteroatoms. The Morgan fingerprint density at radius 2 is 2.00 bits per heavy atom. The number of hydrogen-bond acceptors (Lipinski definition) is 3. The minimum atomic E-state index is -3.30. The van der Waals surface area contributed by atoms with Crippen LogP contribution in [-0.2, 0) is 21.2 Å². The minimum absolute atomic E-state index is 0.0429. The number of para-hydroxylation sites is 1. The van der Waals surface area contributed by atoms with Gasteiger partial charge in [-0.15, -0.1) is 0 Å². The first-order valence-corrected chi connectivity index (χ1v) is 10.9. The van der Waals surface area contributed by atoms with Crippen molar-refractivity contribution in [1.82, 2.24) is 14.6 Å². The molecule has 3 rings (SSSR count). The Labute approximate surface area is 155 Å². The van der Waals surface area contributed by atoms with E-state index in [0.717, 1.165) is 22.2 Å². The molecule has 0 aliphatic carbocycles. The van der Waals surface area contributed by atoms with Gasteiger partial charge in [-0.2, -0.15) is 0 Å². The van der Waals surface area contributed by atoms with Crippen LogP contribution in [0.2, 0.25) is 0 Å². The molecular weight excluding hydrogens is 350 g/mol. The number of likely N-dealkylation sites (tertiary alicyclic amines) is 1. The van der Waals surface area contributed by atoms with Crippen LogP contribution < -0.4 is 4.72 Å². The van der Waals surface area contributed by atoms with E-state index in [-0.39, 0.29) is 17.9 Å². The zero-order valence-corrected chi connectivity index (χ0v) is 16.6. The number of benzene rings is 1. The third-order valence-corrected chi connectivity index (χ3v) is 6.03. The maximum Gasteiger partial charge on any atom is 0.227 e. The van der Waals surface area contributed by atoms with Crippen molar-refractivity contribution in [3.05, 3.63) is 35.5 Å². The van der Waals surface area contributed by atoms with Gasteiger partial charge in [-0.3, -0.25) is 4.79 Å². The van der Waals surface area contributed by atoms with Gasteiger partial charge in [0.2, 0.25) is 15.9 Å². The maximum atomic E-state index is 12.9. The Balaban J connectivity index is 1.78. The Hall–Kier alpha value is -1.86. The van der Waals surface area contributed by atoms with Crippen LogP contribution in [0.1, 0.15) is 25.1 Å². The SMILES string of the molecule is Cc1[nH]c2ccccc2c1CC(=O)N1C[C@H](NS(C)(=O)=O)[C@@H](C(C)C)C1. The van der Waals surface area contributed by atoms with Crippen LogP contribution in [0.25, 0.3) is 10.9 Å². The van der Waals surface area contributed by atoms with E-state index in [9.17, 15) is 13.2 Å². The average molecular weight is 378 g/mol. The van der Waals surface area contributed by atoms with E-state index in [4.69, 9.17) is 0 Å². The summed E-state index contributed by atoms with van der Waals surface area (Å²) in [5.41, 5.74) is 3.06. The highest BCUT2D eigenvalue weighted by atomic mass is 32.2. The summed E-state index contributed by atoms with van der Waals surface area (Å²) in [5.74, 6) is 0.459. The average Bonchev–Trinajstić information content (AvgIpc) is 3.08. The quantitative estimate of drug-likeness (QED) is 0.837. The number of aromatic amines is 1. The predicted molar refractivity (Wildman–Crippen MR) is 103 cm³/mol. The summed E-state index contributed by atoms with van der Waals surface area (Å²) in [6, 6.07) is 7.75. The molecule has 1 aliphatic heterocycles. The molecule has 2 heterocycles. The molecule has 26 heavy (non-hydrogen) atoms. The number of aromatic nitrogens is 1. The number of fused-ring (bicyclic) bond motifs is 1. The zero-order chi connectivity index (χ0) is 19.1. The first-order valence-electron chi connectivity index (χ1n) is 8.97. The van der Waals surface area contributed by atoms with Gasteiger partial charge in [0.1, 0.15) is 0 Å². The number of sulfonamides is 1. The lowest BCUT2D eigenvalue weighted by molar-refractivity contribution is -0.129. The first kappa shape index (κ1) is 18.9. The van der Waals surface area contributed by atoms with Crippen molar-refractivity contribution in [2.45, 2.75) is 33.2 Å². The molecule has 2 aromatic rings. The van der Waals surface area contributed by atoms with Gasteiger partial charge in [-0.1, -0.05) is 32.0 Å². The van der Waals surface area contributed by atoms with Gasteiger partial charge in [0.05, 0.1) is 12.7 Å². The summed E-state index contributed by atoms with van der Waals surface area (Å²) in [6.45, 7) is 7.14. The molecule has 6 nitrogen and oxygen atoms in total. The number of hydrogen-bond donors (Lipinski definition) is 2. The summed E-state index contributed by atoms with van der Waals surface area (Å²) < 4.78 is 26.0. The lowest BCUT2D eigenvalue weighted by atomic mass is 9.92. The number of aryl methyl sites for hydroxylation is 1. The van der Waals surface area contributed by atoms with E-state index < -0.39 is 10.0 Å². The Bertz CT molecular complexity index is 917. The monoisotopic (exact) mass is 377 g/mol. The number of H-pyrrole nitrogens is 1. The highest BCUT2D eigenvalue weighted by Gasteiger charge is 2.38. The Morgan fingerprint density at radius 1 is 1.31 bits per heavy atom. The standard InChI is InChI=1S/C19H27N3O3S/c1-12(2)16-10-22(11-18(16)21-26(4,24)25)19(23)9-15-13(3)20-17-8-6-5-7-14(15)17/h5-8,12,16,18,20-21H,9-11H2,1-4H3/t16-,18+/m1/s1. The fourth-order valence-electron chi connectivity index (χ4n) is 3.93. The van der Waals surface area contributed by atoms with Crippen molar-refractivity contribution in [2.75, 3.05) is 19.3 Å². The number of amides is 1. The van der Waals surface area contributed by atoms with Crippen molar-refractivity contribution in [3.63, 3.8) is 0 Å². The van der Waals surface area contributed by atoms with Gasteiger partial charge < -0.3 is 9.88 Å². The molecule has 1 aliphatic rings. The second-order valence-electron chi connectivity index (χ2n) is 7.65. The lowest BCUT2D eigenvalue weighted by Gasteiger charge is -2.21. The number of rotatable bonds is 5. The van der Waals surface area contributed by atoms with Gasteiger partial charge in [-0.25, -0.2) is 13.1 Å². The molecule has 1 aromatic carbocycles. The molecule has 1 saturated heterocycles. The maximum absolute atomic E-state index is 12.9. The van der Waals surface area contributed by atoms with E-state index >= 15 is 0 Å². The largest absolute Gasteiger partial charge is 0.358 e. The number of nitrogens with one attached hydrogen (secondary N) is 2. The third-order valence-electron chi connectivity index (χ3n) is 5.29. The fourth-order valence-corrected chi connectivity index (χ4v) is 4.73. The van der Waals surface area contributed by atoms with E-state index in [1.165, 1.54) is 6.26 Å². The lowest BCUT2D eigenvalue weighted by Crippen LogP contribution is -2.41. The van der Waals surface area contributed by atoms with Gasteiger partial charge in [0.15, 0.2) is 0 Å². The second kappa shape index (κ2) is 7.04. The van der Waals surface area contributed by atoms with E-state index in [2.05, 4.69) is 23.6 Å². The second-order valence-corrected chi connectivity index (χ2v) is 9.43. The topological polar surface area (TPSA) is 82.3 Å². The van der Waals surface area contributed by atoms with Crippen LogP contribution in [0.3, 0.4) is 0 Å². The smallest absolute Gasteiger partial charge is 0.227 e. The predicted octanol–water partition coefficient (Wildman–Crippen LogP) is 2.05. The molecular formula is C19H27N3O3S. The molecule has 1 aromatic heterocycles. The minimum Gasteiger partial charge on any atom is -0.358 e. The Morgan fingerprint density at radius 3 is 2.65 bits per heavy atom. The highest BCUT2D eigenvalue weighted by molar-refractivity contribution is 7.88. The molecule has 0 bridgehead atoms. The van der Waals surface area contributed by atoms with Crippen LogP contribution in [0.4, 0.5) is 0 Å². The molecule has 1 fully saturated rings. The number of carbonyl (C=O) groups is 1. The molecule has 142 valence electrons. The molecule has 2 N–H and O–H groups in total. The van der Waals surface area contributed by atoms with E-state index in [1.807, 2.05) is 31.2 Å². The molecule has 0 radical (unpaired) electrons. The van der Waals surface area contributed by atoms with Crippen LogP contribution in [0.5, 0.6) is 0 Å². The fraction of sp³-hybridized carbons (Fsp3) is 0.526. The van der Waals surface area contributed by atoms with Gasteiger partial charge in [-0.05, 0) is 30.4 Å². The summed E-state index contributed by atoms with van der Waals surface area (Å²) in [7, 11) is -3.30. The normalized spacial score (nSPS) is 21.0. The zero-order valence-electron chi connectivity index (χ0n) is 15.7. The highest BCUT2D eigenvalue weighted by Crippen LogP contribution is 2.27. The Kier molecular flexibility index (Phi) is 5.12. The summed E-state index contributed by atoms with van der Waals surface area (Å²) in [5, 5.41) is 1.07. The van der Waals surface area contributed by atoms with Gasteiger partial charge >= 0.3 is 0 Å². The van der Waals surface area contributed by atoms with Crippen molar-refractivity contribution in [1.29, 1.82) is 0 Å². The molecule has 1 amide bonds. The molecule has 0 saturated carbocycles. The van der Waals surface area contributed by atoms with E-state index in [0.29, 0.717) is 25.4 Å². The van der Waals surface area contributed by atoms with Crippen LogP contribution in [0, 0.1) is 18.8 Å². The third kappa shape index (κ3) is 3.94. The van der Waals surface area contributed by atoms with Crippen LogP contribution in [-0.4, -0.2) is 49.6 Å². The van der Waals surface area contributed by atoms with Crippen LogP contribution >= 0.6 is 0 Å². The van der Waals surface area contributed by atoms with Crippen molar-refractivity contribution < 1.29 is 13.2 Å². The van der Waals surface area contributed by atoms with Crippen molar-refractivity contribution in [2.24, 2.45) is 11.8 Å². The number of nitrogens with zero attached hydrogens (tertiary/aromatic N) is 1. The molecule has 0 spiro atoms. The van der Waals surface area contributed by atoms with Gasteiger partial charge in [0, 0.05) is 35.7 Å². The van der Waals surface area contributed by atoms with Gasteiger partial charge in [0.25, 0.3) is 0 Å². The summed E-state index contributed by atoms with van der Waals surface area (Å²) in [4.78, 5) is 18.1. The van der Waals surface area contributed by atoms with Crippen LogP contribution in [0.15, 0.2) is 24.3 Å².